The molecule has 0 saturated heterocycles. The summed E-state index contributed by atoms with van der Waals surface area (Å²) < 4.78 is 15.3. The van der Waals surface area contributed by atoms with Crippen LogP contribution in [0.5, 0.6) is 0 Å². The van der Waals surface area contributed by atoms with Gasteiger partial charge in [0.2, 0.25) is 0 Å². The first kappa shape index (κ1) is 14.0. The molecule has 1 atom stereocenters. The molecule has 11 heavy (non-hydrogen) atoms. The van der Waals surface area contributed by atoms with Crippen LogP contribution in [0.4, 0.5) is 0 Å². The van der Waals surface area contributed by atoms with Crippen LogP contribution >= 0.6 is 24.0 Å². The van der Waals surface area contributed by atoms with Crippen molar-refractivity contribution in [1.29, 1.82) is 0 Å². The Kier molecular flexibility index (Phi) is 16.8. The van der Waals surface area contributed by atoms with E-state index in [1.807, 2.05) is 6.92 Å². The van der Waals surface area contributed by atoms with Crippen LogP contribution in [0.1, 0.15) is 13.8 Å². The number of hydrogen-bond donors (Lipinski definition) is 1. The molecule has 0 aromatic rings. The van der Waals surface area contributed by atoms with Gasteiger partial charge in [0.15, 0.2) is 6.16 Å². The van der Waals surface area contributed by atoms with Gasteiger partial charge in [0.05, 0.1) is 11.9 Å². The molecule has 0 fully saturated rings. The molecule has 0 aliphatic rings. The number of halogens is 1. The predicted molar refractivity (Wildman–Crippen MR) is 50.7 cm³/mol. The first-order valence-corrected chi connectivity index (χ1v) is 5.95. The Labute approximate surface area is 77.1 Å². The third-order valence-electron chi connectivity index (χ3n) is 0.540. The highest BCUT2D eigenvalue weighted by Gasteiger charge is 2.12. The van der Waals surface area contributed by atoms with Crippen molar-refractivity contribution in [3.05, 3.63) is 0 Å². The SMILES string of the molecule is CCO.CCO[P+](=O)CCBr. The van der Waals surface area contributed by atoms with Gasteiger partial charge in [0.1, 0.15) is 0 Å². The van der Waals surface area contributed by atoms with Crippen LogP contribution < -0.4 is 0 Å². The molecule has 1 N–H and O–H groups in total. The molecule has 0 rings (SSSR count). The molecular weight excluding hydrogens is 231 g/mol. The molecule has 0 radical (unpaired) electrons. The first-order valence-electron chi connectivity index (χ1n) is 3.47. The third-order valence-corrected chi connectivity index (χ3v) is 2.68. The summed E-state index contributed by atoms with van der Waals surface area (Å²) in [4.78, 5) is 0. The lowest BCUT2D eigenvalue weighted by Crippen LogP contribution is -1.82. The van der Waals surface area contributed by atoms with Crippen LogP contribution in [0.3, 0.4) is 0 Å². The molecule has 1 unspecified atom stereocenters. The topological polar surface area (TPSA) is 46.5 Å². The minimum atomic E-state index is -1.38. The normalized spacial score (nSPS) is 10.0. The number of rotatable bonds is 4. The van der Waals surface area contributed by atoms with Gasteiger partial charge in [-0.15, -0.1) is 4.52 Å². The van der Waals surface area contributed by atoms with Crippen LogP contribution in [0.2, 0.25) is 0 Å². The number of hydrogen-bond acceptors (Lipinski definition) is 3. The number of aliphatic hydroxyl groups excluding tert-OH is 1. The summed E-state index contributed by atoms with van der Waals surface area (Å²) in [5.74, 6) is 0. The Morgan fingerprint density at radius 1 is 1.55 bits per heavy atom. The zero-order valence-electron chi connectivity index (χ0n) is 6.92. The molecular formula is C6H15BrO3P+. The molecule has 0 bridgehead atoms. The average molecular weight is 246 g/mol. The third kappa shape index (κ3) is 18.0. The Hall–Kier alpha value is 0.500. The Morgan fingerprint density at radius 3 is 2.27 bits per heavy atom. The highest BCUT2D eigenvalue weighted by molar-refractivity contribution is 9.09. The summed E-state index contributed by atoms with van der Waals surface area (Å²) in [6.45, 7) is 4.31. The predicted octanol–water partition coefficient (Wildman–Crippen LogP) is 2.16. The van der Waals surface area contributed by atoms with E-state index in [-0.39, 0.29) is 6.61 Å². The lowest BCUT2D eigenvalue weighted by Gasteiger charge is -1.78. The minimum absolute atomic E-state index is 0.250. The highest BCUT2D eigenvalue weighted by atomic mass is 79.9. The molecule has 0 aromatic heterocycles. The van der Waals surface area contributed by atoms with E-state index >= 15 is 0 Å². The van der Waals surface area contributed by atoms with Gasteiger partial charge in [-0.2, -0.15) is 0 Å². The lowest BCUT2D eigenvalue weighted by molar-refractivity contribution is 0.318. The molecule has 3 nitrogen and oxygen atoms in total. The van der Waals surface area contributed by atoms with Gasteiger partial charge in [-0.25, -0.2) is 0 Å². The second-order valence-corrected chi connectivity index (χ2v) is 3.64. The van der Waals surface area contributed by atoms with E-state index in [9.17, 15) is 4.57 Å². The van der Waals surface area contributed by atoms with Crippen molar-refractivity contribution in [2.24, 2.45) is 0 Å². The zero-order valence-corrected chi connectivity index (χ0v) is 9.40. The van der Waals surface area contributed by atoms with Gasteiger partial charge in [0, 0.05) is 6.61 Å². The van der Waals surface area contributed by atoms with Crippen molar-refractivity contribution in [3.63, 3.8) is 0 Å². The summed E-state index contributed by atoms with van der Waals surface area (Å²) in [5.41, 5.74) is 0. The number of aliphatic hydroxyl groups is 1. The molecule has 0 aliphatic heterocycles. The largest absolute Gasteiger partial charge is 0.508 e. The molecule has 0 heterocycles. The summed E-state index contributed by atoms with van der Waals surface area (Å²) in [6, 6.07) is 0. The van der Waals surface area contributed by atoms with Crippen LogP contribution in [-0.2, 0) is 9.09 Å². The summed E-state index contributed by atoms with van der Waals surface area (Å²) in [7, 11) is -1.38. The summed E-state index contributed by atoms with van der Waals surface area (Å²) in [6.07, 6.45) is 0.614. The monoisotopic (exact) mass is 245 g/mol. The van der Waals surface area contributed by atoms with Gasteiger partial charge in [-0.3, -0.25) is 0 Å². The minimum Gasteiger partial charge on any atom is -0.397 e. The van der Waals surface area contributed by atoms with E-state index in [1.54, 1.807) is 6.92 Å². The molecule has 0 spiro atoms. The molecule has 0 saturated carbocycles. The van der Waals surface area contributed by atoms with E-state index in [0.29, 0.717) is 12.8 Å². The Morgan fingerprint density at radius 2 is 2.00 bits per heavy atom. The fourth-order valence-electron chi connectivity index (χ4n) is 0.278. The van der Waals surface area contributed by atoms with Crippen LogP contribution in [0.25, 0.3) is 0 Å². The van der Waals surface area contributed by atoms with E-state index in [0.717, 1.165) is 5.33 Å². The van der Waals surface area contributed by atoms with Crippen molar-refractivity contribution < 1.29 is 14.2 Å². The second-order valence-electron chi connectivity index (χ2n) is 1.48. The second kappa shape index (κ2) is 13.1. The van der Waals surface area contributed by atoms with Gasteiger partial charge in [-0.05, 0) is 18.4 Å². The van der Waals surface area contributed by atoms with Crippen molar-refractivity contribution in [2.45, 2.75) is 13.8 Å². The molecule has 0 aromatic carbocycles. The maximum Gasteiger partial charge on any atom is 0.508 e. The standard InChI is InChI=1S/C4H9BrO2P.C2H6O/c1-2-7-8(6)4-3-5;1-2-3/h2-4H2,1H3;3H,2H2,1H3/q+1;. The first-order chi connectivity index (χ1) is 5.22. The fourth-order valence-corrected chi connectivity index (χ4v) is 1.70. The highest BCUT2D eigenvalue weighted by Crippen LogP contribution is 2.21. The Balaban J connectivity index is 0. The molecule has 0 amide bonds. The summed E-state index contributed by atoms with van der Waals surface area (Å²) in [5, 5.41) is 8.32. The smallest absolute Gasteiger partial charge is 0.397 e. The van der Waals surface area contributed by atoms with Crippen molar-refractivity contribution in [3.8, 4) is 0 Å². The van der Waals surface area contributed by atoms with Gasteiger partial charge < -0.3 is 5.11 Å². The summed E-state index contributed by atoms with van der Waals surface area (Å²) >= 11 is 3.16. The fraction of sp³-hybridized carbons (Fsp3) is 1.00. The molecule has 5 heteroatoms. The van der Waals surface area contributed by atoms with Gasteiger partial charge in [-0.1, -0.05) is 15.9 Å². The average Bonchev–Trinajstić information content (AvgIpc) is 1.90. The van der Waals surface area contributed by atoms with E-state index < -0.39 is 8.03 Å². The lowest BCUT2D eigenvalue weighted by atomic mass is 10.9. The van der Waals surface area contributed by atoms with Crippen molar-refractivity contribution in [1.82, 2.24) is 0 Å². The maximum absolute atomic E-state index is 10.5. The van der Waals surface area contributed by atoms with Crippen LogP contribution in [-0.4, -0.2) is 29.8 Å². The Bertz CT molecular complexity index is 81.9. The zero-order chi connectivity index (χ0) is 9.11. The van der Waals surface area contributed by atoms with Gasteiger partial charge >= 0.3 is 8.03 Å². The maximum atomic E-state index is 10.5. The quantitative estimate of drug-likeness (QED) is 0.610. The number of alkyl halides is 1. The van der Waals surface area contributed by atoms with Crippen LogP contribution in [0, 0.1) is 0 Å². The molecule has 68 valence electrons. The van der Waals surface area contributed by atoms with Crippen LogP contribution in [0.15, 0.2) is 0 Å². The van der Waals surface area contributed by atoms with Crippen molar-refractivity contribution in [2.75, 3.05) is 24.7 Å². The van der Waals surface area contributed by atoms with Crippen molar-refractivity contribution >= 4 is 24.0 Å². The molecule has 0 aliphatic carbocycles. The van der Waals surface area contributed by atoms with E-state index in [4.69, 9.17) is 9.63 Å². The van der Waals surface area contributed by atoms with E-state index in [1.165, 1.54) is 0 Å². The van der Waals surface area contributed by atoms with E-state index in [2.05, 4.69) is 15.9 Å². The van der Waals surface area contributed by atoms with Gasteiger partial charge in [0.25, 0.3) is 0 Å².